The third kappa shape index (κ3) is 2.39. The molecule has 0 N–H and O–H groups in total. The summed E-state index contributed by atoms with van der Waals surface area (Å²) in [6, 6.07) is 9.60. The summed E-state index contributed by atoms with van der Waals surface area (Å²) in [4.78, 5) is 0. The van der Waals surface area contributed by atoms with Crippen LogP contribution in [0, 0.1) is 11.3 Å². The molecule has 2 aromatic carbocycles. The second-order valence-corrected chi connectivity index (χ2v) is 4.08. The molecule has 4 heteroatoms. The van der Waals surface area contributed by atoms with Gasteiger partial charge in [-0.25, -0.2) is 0 Å². The third-order valence-corrected chi connectivity index (χ3v) is 3.05. The molecule has 0 unspecified atom stereocenters. The van der Waals surface area contributed by atoms with Gasteiger partial charge in [-0.15, -0.1) is 0 Å². The van der Waals surface area contributed by atoms with E-state index >= 15 is 0 Å². The van der Waals surface area contributed by atoms with Gasteiger partial charge in [-0.1, -0.05) is 6.07 Å². The number of rotatable bonds is 4. The van der Waals surface area contributed by atoms with Gasteiger partial charge in [-0.05, 0) is 29.7 Å². The first kappa shape index (κ1) is 13.8. The summed E-state index contributed by atoms with van der Waals surface area (Å²) in [6.45, 7) is 0. The maximum Gasteiger partial charge on any atom is 0.168 e. The lowest BCUT2D eigenvalue weighted by atomic mass is 10.0. The fourth-order valence-electron chi connectivity index (χ4n) is 2.13. The zero-order valence-electron chi connectivity index (χ0n) is 11.6. The van der Waals surface area contributed by atoms with Gasteiger partial charge >= 0.3 is 0 Å². The number of benzene rings is 2. The highest BCUT2D eigenvalue weighted by atomic mass is 16.5. The molecule has 0 aliphatic carbocycles. The zero-order chi connectivity index (χ0) is 14.5. The van der Waals surface area contributed by atoms with Crippen molar-refractivity contribution in [1.29, 1.82) is 5.26 Å². The molecule has 2 rings (SSSR count). The van der Waals surface area contributed by atoms with Crippen LogP contribution in [0.1, 0.15) is 5.56 Å². The van der Waals surface area contributed by atoms with Gasteiger partial charge in [0.05, 0.1) is 27.4 Å². The maximum atomic E-state index is 8.67. The minimum atomic E-state index is 0.666. The molecule has 0 bridgehead atoms. The molecule has 0 aliphatic heterocycles. The third-order valence-electron chi connectivity index (χ3n) is 3.05. The molecule has 0 saturated heterocycles. The summed E-state index contributed by atoms with van der Waals surface area (Å²) in [6.07, 6.45) is 3.12. The highest BCUT2D eigenvalue weighted by Crippen LogP contribution is 2.38. The van der Waals surface area contributed by atoms with Crippen molar-refractivity contribution in [2.24, 2.45) is 0 Å². The van der Waals surface area contributed by atoms with Gasteiger partial charge in [0.15, 0.2) is 11.5 Å². The monoisotopic (exact) mass is 269 g/mol. The average molecular weight is 269 g/mol. The van der Waals surface area contributed by atoms with E-state index in [9.17, 15) is 0 Å². The van der Waals surface area contributed by atoms with Gasteiger partial charge in [-0.2, -0.15) is 5.26 Å². The summed E-state index contributed by atoms with van der Waals surface area (Å²) < 4.78 is 16.1. The van der Waals surface area contributed by atoms with E-state index < -0.39 is 0 Å². The number of hydrogen-bond acceptors (Lipinski definition) is 4. The quantitative estimate of drug-likeness (QED) is 0.798. The van der Waals surface area contributed by atoms with Crippen LogP contribution >= 0.6 is 0 Å². The molecule has 0 spiro atoms. The predicted octanol–water partition coefficient (Wildman–Crippen LogP) is 3.40. The summed E-state index contributed by atoms with van der Waals surface area (Å²) in [5.74, 6) is 2.04. The Bertz CT molecular complexity index is 699. The number of allylic oxidation sites excluding steroid dienone is 1. The fraction of sp³-hybridized carbons (Fsp3) is 0.188. The van der Waals surface area contributed by atoms with Gasteiger partial charge in [0, 0.05) is 17.0 Å². The second-order valence-electron chi connectivity index (χ2n) is 4.08. The van der Waals surface area contributed by atoms with Gasteiger partial charge in [-0.3, -0.25) is 0 Å². The van der Waals surface area contributed by atoms with E-state index in [0.717, 1.165) is 16.3 Å². The van der Waals surface area contributed by atoms with Crippen LogP contribution in [-0.4, -0.2) is 21.3 Å². The Labute approximate surface area is 117 Å². The second kappa shape index (κ2) is 5.98. The van der Waals surface area contributed by atoms with E-state index in [1.165, 1.54) is 6.08 Å². The van der Waals surface area contributed by atoms with Crippen LogP contribution in [0.4, 0.5) is 0 Å². The van der Waals surface area contributed by atoms with Crippen molar-refractivity contribution in [2.75, 3.05) is 21.3 Å². The maximum absolute atomic E-state index is 8.67. The molecule has 2 aromatic rings. The standard InChI is InChI=1S/C16H15NO3/c1-18-14-7-6-11-10-15(19-2)12(5-4-8-17)9-13(11)16(14)20-3/h4-7,9-10H,1-3H3/b5-4-. The molecule has 0 amide bonds. The Morgan fingerprint density at radius 1 is 1.00 bits per heavy atom. The molecular formula is C16H15NO3. The number of nitrogens with zero attached hydrogens (tertiary/aromatic N) is 1. The van der Waals surface area contributed by atoms with Crippen molar-refractivity contribution < 1.29 is 14.2 Å². The minimum absolute atomic E-state index is 0.666. The van der Waals surface area contributed by atoms with Gasteiger partial charge in [0.25, 0.3) is 0 Å². The molecule has 102 valence electrons. The van der Waals surface area contributed by atoms with Crippen molar-refractivity contribution >= 4 is 16.8 Å². The van der Waals surface area contributed by atoms with Crippen molar-refractivity contribution in [3.8, 4) is 23.3 Å². The van der Waals surface area contributed by atoms with Crippen LogP contribution in [0.5, 0.6) is 17.2 Å². The van der Waals surface area contributed by atoms with E-state index in [-0.39, 0.29) is 0 Å². The molecule has 0 heterocycles. The molecule has 0 aromatic heterocycles. The van der Waals surface area contributed by atoms with Crippen molar-refractivity contribution in [3.63, 3.8) is 0 Å². The lowest BCUT2D eigenvalue weighted by Gasteiger charge is -2.13. The molecule has 0 fully saturated rings. The minimum Gasteiger partial charge on any atom is -0.496 e. The molecule has 4 nitrogen and oxygen atoms in total. The highest BCUT2D eigenvalue weighted by Gasteiger charge is 2.11. The lowest BCUT2D eigenvalue weighted by Crippen LogP contribution is -1.93. The lowest BCUT2D eigenvalue weighted by molar-refractivity contribution is 0.358. The first-order chi connectivity index (χ1) is 9.74. The van der Waals surface area contributed by atoms with Crippen LogP contribution < -0.4 is 14.2 Å². The average Bonchev–Trinajstić information content (AvgIpc) is 2.50. The Hall–Kier alpha value is -2.67. The van der Waals surface area contributed by atoms with Crippen LogP contribution in [0.3, 0.4) is 0 Å². The molecule has 0 saturated carbocycles. The Kier molecular flexibility index (Phi) is 4.11. The summed E-state index contributed by atoms with van der Waals surface area (Å²) in [5.41, 5.74) is 0.813. The molecule has 0 radical (unpaired) electrons. The van der Waals surface area contributed by atoms with Crippen molar-refractivity contribution in [2.45, 2.75) is 0 Å². The molecule has 20 heavy (non-hydrogen) atoms. The van der Waals surface area contributed by atoms with E-state index in [2.05, 4.69) is 0 Å². The SMILES string of the molecule is COc1cc2ccc(OC)c(OC)c2cc1/C=C\C#N. The Balaban J connectivity index is 2.75. The summed E-state index contributed by atoms with van der Waals surface area (Å²) >= 11 is 0. The van der Waals surface area contributed by atoms with Gasteiger partial charge < -0.3 is 14.2 Å². The number of hydrogen-bond donors (Lipinski definition) is 0. The predicted molar refractivity (Wildman–Crippen MR) is 78.3 cm³/mol. The number of fused-ring (bicyclic) bond motifs is 1. The van der Waals surface area contributed by atoms with E-state index in [1.54, 1.807) is 27.4 Å². The van der Waals surface area contributed by atoms with Crippen LogP contribution in [0.25, 0.3) is 16.8 Å². The fourth-order valence-corrected chi connectivity index (χ4v) is 2.13. The van der Waals surface area contributed by atoms with E-state index in [4.69, 9.17) is 19.5 Å². The Morgan fingerprint density at radius 2 is 1.75 bits per heavy atom. The van der Waals surface area contributed by atoms with Crippen LogP contribution in [0.15, 0.2) is 30.3 Å². The Morgan fingerprint density at radius 3 is 2.35 bits per heavy atom. The normalized spacial score (nSPS) is 10.5. The first-order valence-electron chi connectivity index (χ1n) is 6.04. The van der Waals surface area contributed by atoms with E-state index in [1.807, 2.05) is 30.3 Å². The van der Waals surface area contributed by atoms with Gasteiger partial charge in [0.2, 0.25) is 0 Å². The van der Waals surface area contributed by atoms with E-state index in [0.29, 0.717) is 17.2 Å². The zero-order valence-corrected chi connectivity index (χ0v) is 11.6. The largest absolute Gasteiger partial charge is 0.496 e. The molecule has 0 atom stereocenters. The van der Waals surface area contributed by atoms with Crippen LogP contribution in [0.2, 0.25) is 0 Å². The highest BCUT2D eigenvalue weighted by molar-refractivity contribution is 5.94. The number of methoxy groups -OCH3 is 3. The summed E-state index contributed by atoms with van der Waals surface area (Å²) in [5, 5.41) is 10.6. The van der Waals surface area contributed by atoms with Crippen LogP contribution in [-0.2, 0) is 0 Å². The topological polar surface area (TPSA) is 51.5 Å². The number of ether oxygens (including phenoxy) is 3. The van der Waals surface area contributed by atoms with Gasteiger partial charge in [0.1, 0.15) is 5.75 Å². The van der Waals surface area contributed by atoms with Crippen molar-refractivity contribution in [3.05, 3.63) is 35.9 Å². The molecular weight excluding hydrogens is 254 g/mol. The molecule has 0 aliphatic rings. The smallest absolute Gasteiger partial charge is 0.168 e. The van der Waals surface area contributed by atoms with Crippen molar-refractivity contribution in [1.82, 2.24) is 0 Å². The first-order valence-corrected chi connectivity index (χ1v) is 6.04. The summed E-state index contributed by atoms with van der Waals surface area (Å²) in [7, 11) is 4.81. The number of nitriles is 1.